The highest BCUT2D eigenvalue weighted by Crippen LogP contribution is 2.29. The van der Waals surface area contributed by atoms with E-state index in [1.165, 1.54) is 23.3 Å². The molecule has 0 atom stereocenters. The van der Waals surface area contributed by atoms with Crippen molar-refractivity contribution >= 4 is 28.7 Å². The topological polar surface area (TPSA) is 93.0 Å². The molecule has 0 unspecified atom stereocenters. The molecule has 0 fully saturated rings. The van der Waals surface area contributed by atoms with Gasteiger partial charge in [-0.25, -0.2) is 14.4 Å². The van der Waals surface area contributed by atoms with Crippen LogP contribution in [0.3, 0.4) is 0 Å². The van der Waals surface area contributed by atoms with Crippen molar-refractivity contribution in [1.82, 2.24) is 9.97 Å². The number of hydrogen-bond donors (Lipinski definition) is 2. The number of aromatic nitrogens is 2. The zero-order valence-electron chi connectivity index (χ0n) is 13.7. The van der Waals surface area contributed by atoms with Crippen LogP contribution < -0.4 is 10.6 Å². The number of thiophene rings is 1. The van der Waals surface area contributed by atoms with Gasteiger partial charge in [0.25, 0.3) is 0 Å². The molecular weight excluding hydrogens is 357 g/mol. The van der Waals surface area contributed by atoms with E-state index in [0.717, 1.165) is 12.0 Å². The van der Waals surface area contributed by atoms with Crippen LogP contribution in [0.5, 0.6) is 0 Å². The second kappa shape index (κ2) is 8.34. The van der Waals surface area contributed by atoms with Crippen molar-refractivity contribution in [3.63, 3.8) is 0 Å². The van der Waals surface area contributed by atoms with E-state index >= 15 is 0 Å². The standard InChI is InChI=1S/C17H16FN5O2S/c18-13-5-3-12(4-6-13)10-20-17-15(23(24)25)16(21-11-22-17)19-8-7-14-2-1-9-26-14/h1-6,9,11H,7-8,10H2,(H2,19,20,21,22). The van der Waals surface area contributed by atoms with Crippen LogP contribution in [-0.2, 0) is 13.0 Å². The van der Waals surface area contributed by atoms with Gasteiger partial charge in [0.2, 0.25) is 11.6 Å². The highest BCUT2D eigenvalue weighted by atomic mass is 32.1. The summed E-state index contributed by atoms with van der Waals surface area (Å²) >= 11 is 1.63. The lowest BCUT2D eigenvalue weighted by atomic mass is 10.2. The van der Waals surface area contributed by atoms with Crippen LogP contribution in [0.1, 0.15) is 10.4 Å². The Morgan fingerprint density at radius 3 is 2.50 bits per heavy atom. The summed E-state index contributed by atoms with van der Waals surface area (Å²) in [5, 5.41) is 19.4. The number of hydrogen-bond acceptors (Lipinski definition) is 7. The van der Waals surface area contributed by atoms with Gasteiger partial charge in [-0.15, -0.1) is 11.3 Å². The Morgan fingerprint density at radius 2 is 1.85 bits per heavy atom. The predicted octanol–water partition coefficient (Wildman–Crippen LogP) is 3.85. The van der Waals surface area contributed by atoms with Crippen LogP contribution in [0.25, 0.3) is 0 Å². The van der Waals surface area contributed by atoms with Gasteiger partial charge in [0, 0.05) is 18.0 Å². The average Bonchev–Trinajstić information content (AvgIpc) is 3.14. The van der Waals surface area contributed by atoms with E-state index in [1.807, 2.05) is 17.5 Å². The maximum absolute atomic E-state index is 13.0. The third-order valence-corrected chi connectivity index (χ3v) is 4.56. The van der Waals surface area contributed by atoms with Crippen LogP contribution in [0.2, 0.25) is 0 Å². The summed E-state index contributed by atoms with van der Waals surface area (Å²) in [7, 11) is 0. The minimum absolute atomic E-state index is 0.118. The van der Waals surface area contributed by atoms with Crippen molar-refractivity contribution < 1.29 is 9.31 Å². The second-order valence-corrected chi connectivity index (χ2v) is 6.45. The number of nitrogens with one attached hydrogen (secondary N) is 2. The maximum atomic E-state index is 13.0. The number of nitro groups is 1. The SMILES string of the molecule is O=[N+]([O-])c1c(NCCc2cccs2)ncnc1NCc1ccc(F)cc1. The highest BCUT2D eigenvalue weighted by molar-refractivity contribution is 7.09. The van der Waals surface area contributed by atoms with Crippen molar-refractivity contribution in [2.45, 2.75) is 13.0 Å². The first-order valence-corrected chi connectivity index (χ1v) is 8.75. The third-order valence-electron chi connectivity index (χ3n) is 3.62. The second-order valence-electron chi connectivity index (χ2n) is 5.41. The van der Waals surface area contributed by atoms with Crippen molar-refractivity contribution in [2.75, 3.05) is 17.2 Å². The Balaban J connectivity index is 1.70. The lowest BCUT2D eigenvalue weighted by Crippen LogP contribution is -2.11. The molecule has 3 aromatic rings. The molecule has 26 heavy (non-hydrogen) atoms. The quantitative estimate of drug-likeness (QED) is 0.460. The van der Waals surface area contributed by atoms with Gasteiger partial charge in [0.1, 0.15) is 12.1 Å². The van der Waals surface area contributed by atoms with Gasteiger partial charge < -0.3 is 10.6 Å². The van der Waals surface area contributed by atoms with Crippen molar-refractivity contribution in [3.05, 3.63) is 74.5 Å². The fraction of sp³-hybridized carbons (Fsp3) is 0.176. The molecule has 0 aliphatic heterocycles. The lowest BCUT2D eigenvalue weighted by Gasteiger charge is -2.10. The van der Waals surface area contributed by atoms with E-state index in [9.17, 15) is 14.5 Å². The summed E-state index contributed by atoms with van der Waals surface area (Å²) < 4.78 is 13.0. The number of benzene rings is 1. The van der Waals surface area contributed by atoms with Gasteiger partial charge in [-0.1, -0.05) is 18.2 Å². The maximum Gasteiger partial charge on any atom is 0.353 e. The van der Waals surface area contributed by atoms with E-state index in [-0.39, 0.29) is 29.7 Å². The molecule has 2 heterocycles. The van der Waals surface area contributed by atoms with Crippen LogP contribution in [0.4, 0.5) is 21.7 Å². The van der Waals surface area contributed by atoms with Gasteiger partial charge in [0.15, 0.2) is 0 Å². The van der Waals surface area contributed by atoms with Gasteiger partial charge in [-0.05, 0) is 35.6 Å². The molecule has 0 saturated carbocycles. The van der Waals surface area contributed by atoms with E-state index in [2.05, 4.69) is 20.6 Å². The highest BCUT2D eigenvalue weighted by Gasteiger charge is 2.22. The Kier molecular flexibility index (Phi) is 5.69. The van der Waals surface area contributed by atoms with E-state index < -0.39 is 4.92 Å². The number of rotatable bonds is 8. The molecule has 134 valence electrons. The predicted molar refractivity (Wildman–Crippen MR) is 98.9 cm³/mol. The number of anilines is 2. The summed E-state index contributed by atoms with van der Waals surface area (Å²) in [6.07, 6.45) is 2.02. The first-order chi connectivity index (χ1) is 12.6. The largest absolute Gasteiger partial charge is 0.364 e. The normalized spacial score (nSPS) is 10.5. The zero-order valence-corrected chi connectivity index (χ0v) is 14.5. The molecule has 0 bridgehead atoms. The summed E-state index contributed by atoms with van der Waals surface area (Å²) in [5.74, 6) is -0.0462. The smallest absolute Gasteiger partial charge is 0.353 e. The first kappa shape index (κ1) is 17.7. The molecule has 0 spiro atoms. The Bertz CT molecular complexity index is 871. The summed E-state index contributed by atoms with van der Waals surface area (Å²) in [5.41, 5.74) is 0.576. The summed E-state index contributed by atoms with van der Waals surface area (Å²) in [6.45, 7) is 0.808. The van der Waals surface area contributed by atoms with Gasteiger partial charge in [-0.2, -0.15) is 0 Å². The zero-order chi connectivity index (χ0) is 18.4. The average molecular weight is 373 g/mol. The fourth-order valence-corrected chi connectivity index (χ4v) is 3.07. The van der Waals surface area contributed by atoms with Crippen molar-refractivity contribution in [3.8, 4) is 0 Å². The molecule has 2 aromatic heterocycles. The Morgan fingerprint density at radius 1 is 1.12 bits per heavy atom. The molecular formula is C17H16FN5O2S. The van der Waals surface area contributed by atoms with Gasteiger partial charge in [0.05, 0.1) is 4.92 Å². The van der Waals surface area contributed by atoms with Crippen LogP contribution >= 0.6 is 11.3 Å². The minimum atomic E-state index is -0.513. The third kappa shape index (κ3) is 4.51. The Labute approximate surface area is 153 Å². The monoisotopic (exact) mass is 373 g/mol. The van der Waals surface area contributed by atoms with Crippen molar-refractivity contribution in [2.24, 2.45) is 0 Å². The van der Waals surface area contributed by atoms with Gasteiger partial charge in [-0.3, -0.25) is 10.1 Å². The van der Waals surface area contributed by atoms with E-state index in [1.54, 1.807) is 23.5 Å². The Hall–Kier alpha value is -3.07. The molecule has 7 nitrogen and oxygen atoms in total. The molecule has 1 aromatic carbocycles. The van der Waals surface area contributed by atoms with Crippen LogP contribution in [0, 0.1) is 15.9 Å². The first-order valence-electron chi connectivity index (χ1n) is 7.87. The number of nitrogens with zero attached hydrogens (tertiary/aromatic N) is 3. The summed E-state index contributed by atoms with van der Waals surface area (Å²) in [4.78, 5) is 20.1. The molecule has 0 aliphatic carbocycles. The molecule has 0 amide bonds. The molecule has 9 heteroatoms. The van der Waals surface area contributed by atoms with Crippen LogP contribution in [0.15, 0.2) is 48.1 Å². The molecule has 0 radical (unpaired) electrons. The molecule has 0 saturated heterocycles. The molecule has 2 N–H and O–H groups in total. The molecule has 3 rings (SSSR count). The number of halogens is 1. The van der Waals surface area contributed by atoms with Crippen molar-refractivity contribution in [1.29, 1.82) is 0 Å². The molecule has 0 aliphatic rings. The minimum Gasteiger partial charge on any atom is -0.364 e. The van der Waals surface area contributed by atoms with Gasteiger partial charge >= 0.3 is 5.69 Å². The lowest BCUT2D eigenvalue weighted by molar-refractivity contribution is -0.383. The fourth-order valence-electron chi connectivity index (χ4n) is 2.36. The summed E-state index contributed by atoms with van der Waals surface area (Å²) in [6, 6.07) is 9.86. The van der Waals surface area contributed by atoms with E-state index in [4.69, 9.17) is 0 Å². The van der Waals surface area contributed by atoms with Crippen LogP contribution in [-0.4, -0.2) is 21.4 Å². The van der Waals surface area contributed by atoms with E-state index in [0.29, 0.717) is 6.54 Å².